The van der Waals surface area contributed by atoms with E-state index in [4.69, 9.17) is 5.73 Å². The Hall–Kier alpha value is -1.44. The number of nitrogens with two attached hydrogens (primary N) is 1. The number of hydrogen-bond donors (Lipinski definition) is 2. The zero-order valence-electron chi connectivity index (χ0n) is 10.8. The molecular formula is C13H15FN2O2S2. The Balaban J connectivity index is 2.14. The van der Waals surface area contributed by atoms with Gasteiger partial charge < -0.3 is 5.73 Å². The number of hydrogen-bond acceptors (Lipinski definition) is 4. The van der Waals surface area contributed by atoms with Crippen molar-refractivity contribution in [3.8, 4) is 0 Å². The van der Waals surface area contributed by atoms with Crippen molar-refractivity contribution >= 4 is 27.0 Å². The average Bonchev–Trinajstić information content (AvgIpc) is 2.79. The quantitative estimate of drug-likeness (QED) is 0.832. The van der Waals surface area contributed by atoms with Crippen LogP contribution in [-0.2, 0) is 16.4 Å². The van der Waals surface area contributed by atoms with Gasteiger partial charge in [-0.3, -0.25) is 0 Å². The number of anilines is 1. The van der Waals surface area contributed by atoms with Crippen molar-refractivity contribution in [3.05, 3.63) is 46.4 Å². The van der Waals surface area contributed by atoms with E-state index in [0.717, 1.165) is 11.6 Å². The first-order valence-electron chi connectivity index (χ1n) is 5.97. The molecule has 0 amide bonds. The molecule has 1 unspecified atom stereocenters. The van der Waals surface area contributed by atoms with E-state index in [1.807, 2.05) is 16.8 Å². The molecule has 0 spiro atoms. The minimum Gasteiger partial charge on any atom is -0.399 e. The van der Waals surface area contributed by atoms with Crippen molar-refractivity contribution < 1.29 is 12.8 Å². The molecule has 0 aliphatic rings. The Labute approximate surface area is 121 Å². The highest BCUT2D eigenvalue weighted by atomic mass is 32.2. The Bertz CT molecular complexity index is 684. The van der Waals surface area contributed by atoms with Crippen molar-refractivity contribution in [1.82, 2.24) is 4.72 Å². The number of nitrogen functional groups attached to an aromatic ring is 1. The lowest BCUT2D eigenvalue weighted by Gasteiger charge is -2.14. The van der Waals surface area contributed by atoms with Crippen LogP contribution in [0, 0.1) is 5.82 Å². The van der Waals surface area contributed by atoms with Gasteiger partial charge in [0, 0.05) is 11.7 Å². The second-order valence-electron chi connectivity index (χ2n) is 4.55. The SMILES string of the molecule is CC(Cc1ccsc1)NS(=O)(=O)c1ccc(N)cc1F. The maximum Gasteiger partial charge on any atom is 0.243 e. The fourth-order valence-corrected chi connectivity index (χ4v) is 3.85. The van der Waals surface area contributed by atoms with E-state index in [0.29, 0.717) is 6.42 Å². The summed E-state index contributed by atoms with van der Waals surface area (Å²) in [7, 11) is -3.89. The van der Waals surface area contributed by atoms with E-state index >= 15 is 0 Å². The second kappa shape index (κ2) is 5.90. The lowest BCUT2D eigenvalue weighted by molar-refractivity contribution is 0.542. The Morgan fingerprint density at radius 3 is 2.75 bits per heavy atom. The highest BCUT2D eigenvalue weighted by Crippen LogP contribution is 2.18. The first-order chi connectivity index (χ1) is 9.38. The fourth-order valence-electron chi connectivity index (χ4n) is 1.87. The van der Waals surface area contributed by atoms with Crippen LogP contribution in [0.15, 0.2) is 39.9 Å². The molecule has 0 fully saturated rings. The van der Waals surface area contributed by atoms with Crippen molar-refractivity contribution in [2.75, 3.05) is 5.73 Å². The predicted octanol–water partition coefficient (Wildman–Crippen LogP) is 2.38. The third-order valence-corrected chi connectivity index (χ3v) is 5.08. The first kappa shape index (κ1) is 15.0. The maximum absolute atomic E-state index is 13.7. The minimum atomic E-state index is -3.89. The molecule has 0 radical (unpaired) electrons. The lowest BCUT2D eigenvalue weighted by atomic mass is 10.1. The van der Waals surface area contributed by atoms with Crippen LogP contribution in [0.2, 0.25) is 0 Å². The summed E-state index contributed by atoms with van der Waals surface area (Å²) in [6.45, 7) is 1.74. The summed E-state index contributed by atoms with van der Waals surface area (Å²) in [5, 5.41) is 3.88. The molecule has 0 bridgehead atoms. The van der Waals surface area contributed by atoms with Crippen LogP contribution in [0.3, 0.4) is 0 Å². The molecule has 0 aliphatic heterocycles. The molecule has 0 saturated heterocycles. The number of nitrogens with one attached hydrogen (secondary N) is 1. The molecule has 0 saturated carbocycles. The highest BCUT2D eigenvalue weighted by molar-refractivity contribution is 7.89. The van der Waals surface area contributed by atoms with E-state index in [-0.39, 0.29) is 16.6 Å². The monoisotopic (exact) mass is 314 g/mol. The van der Waals surface area contributed by atoms with Gasteiger partial charge in [0.15, 0.2) is 0 Å². The van der Waals surface area contributed by atoms with E-state index in [1.54, 1.807) is 18.3 Å². The van der Waals surface area contributed by atoms with Crippen LogP contribution in [0.25, 0.3) is 0 Å². The van der Waals surface area contributed by atoms with Crippen molar-refractivity contribution in [2.24, 2.45) is 0 Å². The molecule has 7 heteroatoms. The fraction of sp³-hybridized carbons (Fsp3) is 0.231. The third kappa shape index (κ3) is 3.56. The van der Waals surface area contributed by atoms with Crippen LogP contribution in [-0.4, -0.2) is 14.5 Å². The molecular weight excluding hydrogens is 299 g/mol. The topological polar surface area (TPSA) is 72.2 Å². The summed E-state index contributed by atoms with van der Waals surface area (Å²) < 4.78 is 40.4. The minimum absolute atomic E-state index is 0.188. The van der Waals surface area contributed by atoms with Crippen molar-refractivity contribution in [3.63, 3.8) is 0 Å². The highest BCUT2D eigenvalue weighted by Gasteiger charge is 2.21. The zero-order chi connectivity index (χ0) is 14.8. The standard InChI is InChI=1S/C13H15FN2O2S2/c1-9(6-10-4-5-19-8-10)16-20(17,18)13-3-2-11(15)7-12(13)14/h2-5,7-9,16H,6,15H2,1H3. The van der Waals surface area contributed by atoms with Gasteiger partial charge >= 0.3 is 0 Å². The average molecular weight is 314 g/mol. The maximum atomic E-state index is 13.7. The predicted molar refractivity (Wildman–Crippen MR) is 78.6 cm³/mol. The normalized spacial score (nSPS) is 13.3. The van der Waals surface area contributed by atoms with E-state index in [9.17, 15) is 12.8 Å². The molecule has 2 rings (SSSR count). The number of benzene rings is 1. The molecule has 1 heterocycles. The van der Waals surface area contributed by atoms with Gasteiger partial charge in [0.25, 0.3) is 0 Å². The molecule has 0 aliphatic carbocycles. The van der Waals surface area contributed by atoms with Gasteiger partial charge in [-0.2, -0.15) is 11.3 Å². The van der Waals surface area contributed by atoms with Crippen LogP contribution in [0.1, 0.15) is 12.5 Å². The van der Waals surface area contributed by atoms with Gasteiger partial charge in [0.1, 0.15) is 10.7 Å². The van der Waals surface area contributed by atoms with Crippen molar-refractivity contribution in [2.45, 2.75) is 24.3 Å². The Morgan fingerprint density at radius 1 is 1.40 bits per heavy atom. The van der Waals surface area contributed by atoms with Gasteiger partial charge in [-0.1, -0.05) is 0 Å². The summed E-state index contributed by atoms with van der Waals surface area (Å²) >= 11 is 1.55. The van der Waals surface area contributed by atoms with Gasteiger partial charge in [-0.25, -0.2) is 17.5 Å². The van der Waals surface area contributed by atoms with Crippen LogP contribution in [0.5, 0.6) is 0 Å². The summed E-state index contributed by atoms with van der Waals surface area (Å²) in [4.78, 5) is -0.385. The third-order valence-electron chi connectivity index (χ3n) is 2.72. The first-order valence-corrected chi connectivity index (χ1v) is 8.39. The summed E-state index contributed by atoms with van der Waals surface area (Å²) in [6, 6.07) is 5.13. The van der Waals surface area contributed by atoms with Crippen LogP contribution < -0.4 is 10.5 Å². The Kier molecular flexibility index (Phi) is 4.42. The number of thiophene rings is 1. The molecule has 1 aromatic heterocycles. The van der Waals surface area contributed by atoms with E-state index in [1.165, 1.54) is 12.1 Å². The lowest BCUT2D eigenvalue weighted by Crippen LogP contribution is -2.34. The van der Waals surface area contributed by atoms with Gasteiger partial charge in [0.05, 0.1) is 0 Å². The molecule has 2 aromatic rings. The molecule has 1 aromatic carbocycles. The number of halogens is 1. The summed E-state index contributed by atoms with van der Waals surface area (Å²) in [5.74, 6) is -0.847. The van der Waals surface area contributed by atoms with Crippen LogP contribution in [0.4, 0.5) is 10.1 Å². The Morgan fingerprint density at radius 2 is 2.15 bits per heavy atom. The van der Waals surface area contributed by atoms with E-state index < -0.39 is 15.8 Å². The second-order valence-corrected chi connectivity index (χ2v) is 7.01. The van der Waals surface area contributed by atoms with Crippen molar-refractivity contribution in [1.29, 1.82) is 0 Å². The van der Waals surface area contributed by atoms with Crippen LogP contribution >= 0.6 is 11.3 Å². The largest absolute Gasteiger partial charge is 0.399 e. The van der Waals surface area contributed by atoms with Gasteiger partial charge in [0.2, 0.25) is 10.0 Å². The zero-order valence-corrected chi connectivity index (χ0v) is 12.5. The molecule has 1 atom stereocenters. The van der Waals surface area contributed by atoms with Gasteiger partial charge in [-0.05, 0) is 53.9 Å². The summed E-state index contributed by atoms with van der Waals surface area (Å²) in [5.41, 5.74) is 6.64. The molecule has 4 nitrogen and oxygen atoms in total. The molecule has 20 heavy (non-hydrogen) atoms. The molecule has 3 N–H and O–H groups in total. The molecule has 108 valence electrons. The van der Waals surface area contributed by atoms with E-state index in [2.05, 4.69) is 4.72 Å². The number of rotatable bonds is 5. The van der Waals surface area contributed by atoms with Gasteiger partial charge in [-0.15, -0.1) is 0 Å². The summed E-state index contributed by atoms with van der Waals surface area (Å²) in [6.07, 6.45) is 0.555. The smallest absolute Gasteiger partial charge is 0.243 e. The number of sulfonamides is 1.